The Morgan fingerprint density at radius 2 is 1.95 bits per heavy atom. The molecule has 2 rings (SSSR count). The van der Waals surface area contributed by atoms with Crippen molar-refractivity contribution in [3.63, 3.8) is 0 Å². The molecule has 0 amide bonds. The largest absolute Gasteiger partial charge is 0.370 e. The molecule has 2 aromatic heterocycles. The summed E-state index contributed by atoms with van der Waals surface area (Å²) in [4.78, 5) is 13.1. The van der Waals surface area contributed by atoms with Crippen molar-refractivity contribution < 1.29 is 0 Å². The fourth-order valence-electron chi connectivity index (χ4n) is 1.93. The van der Waals surface area contributed by atoms with Crippen LogP contribution in [0, 0.1) is 0 Å². The molecule has 0 radical (unpaired) electrons. The molecule has 0 aliphatic heterocycles. The number of nitrogens with one attached hydrogen (secondary N) is 2. The lowest BCUT2D eigenvalue weighted by atomic mass is 10.3. The second-order valence-corrected chi connectivity index (χ2v) is 4.56. The zero-order chi connectivity index (χ0) is 14.2. The number of nitrogens with zero attached hydrogens (tertiary/aromatic N) is 4. The van der Waals surface area contributed by atoms with Crippen LogP contribution in [-0.2, 0) is 13.0 Å². The molecule has 6 nitrogen and oxygen atoms in total. The molecule has 0 aromatic carbocycles. The number of hydrogen-bond donors (Lipinski definition) is 2. The molecule has 2 aromatic rings. The van der Waals surface area contributed by atoms with Crippen molar-refractivity contribution in [2.45, 2.75) is 33.2 Å². The van der Waals surface area contributed by atoms with Crippen molar-refractivity contribution in [3.8, 4) is 0 Å². The van der Waals surface area contributed by atoms with Crippen LogP contribution in [-0.4, -0.2) is 32.6 Å². The molecular weight excluding hydrogens is 252 g/mol. The first-order valence-electron chi connectivity index (χ1n) is 7.13. The molecule has 0 atom stereocenters. The Hall–Kier alpha value is -2.11. The van der Waals surface area contributed by atoms with Gasteiger partial charge in [-0.05, 0) is 13.3 Å². The standard InChI is InChI=1S/C14H22N6/c1-3-5-12-18-13(16-4-2)10-14(19-12)17-7-9-20-8-6-15-11-20/h6,8,10-11H,3-5,7,9H2,1-2H3,(H2,16,17,18,19). The molecule has 20 heavy (non-hydrogen) atoms. The first-order valence-corrected chi connectivity index (χ1v) is 7.13. The van der Waals surface area contributed by atoms with E-state index in [-0.39, 0.29) is 0 Å². The Morgan fingerprint density at radius 1 is 1.15 bits per heavy atom. The average molecular weight is 274 g/mol. The highest BCUT2D eigenvalue weighted by molar-refractivity contribution is 5.47. The first-order chi connectivity index (χ1) is 9.81. The van der Waals surface area contributed by atoms with E-state index in [0.29, 0.717) is 0 Å². The molecule has 0 unspecified atom stereocenters. The highest BCUT2D eigenvalue weighted by atomic mass is 15.1. The Morgan fingerprint density at radius 3 is 2.60 bits per heavy atom. The second kappa shape index (κ2) is 7.47. The van der Waals surface area contributed by atoms with Crippen molar-refractivity contribution >= 4 is 11.6 Å². The zero-order valence-corrected chi connectivity index (χ0v) is 12.1. The van der Waals surface area contributed by atoms with E-state index in [1.54, 1.807) is 6.20 Å². The van der Waals surface area contributed by atoms with E-state index in [1.165, 1.54) is 0 Å². The summed E-state index contributed by atoms with van der Waals surface area (Å²) in [6.07, 6.45) is 7.50. The number of imidazole rings is 1. The molecule has 108 valence electrons. The molecule has 0 bridgehead atoms. The van der Waals surface area contributed by atoms with E-state index in [9.17, 15) is 0 Å². The van der Waals surface area contributed by atoms with Gasteiger partial charge < -0.3 is 15.2 Å². The summed E-state index contributed by atoms with van der Waals surface area (Å²) in [5, 5.41) is 6.59. The van der Waals surface area contributed by atoms with Gasteiger partial charge in [0.15, 0.2) is 0 Å². The maximum absolute atomic E-state index is 4.54. The normalized spacial score (nSPS) is 10.5. The highest BCUT2D eigenvalue weighted by Gasteiger charge is 2.03. The number of anilines is 2. The predicted molar refractivity (Wildman–Crippen MR) is 80.9 cm³/mol. The molecule has 2 heterocycles. The van der Waals surface area contributed by atoms with Crippen molar-refractivity contribution in [1.29, 1.82) is 0 Å². The van der Waals surface area contributed by atoms with Crippen molar-refractivity contribution in [1.82, 2.24) is 19.5 Å². The molecular formula is C14H22N6. The van der Waals surface area contributed by atoms with Gasteiger partial charge in [-0.2, -0.15) is 0 Å². The maximum atomic E-state index is 4.54. The van der Waals surface area contributed by atoms with Crippen LogP contribution in [0.2, 0.25) is 0 Å². The molecule has 0 fully saturated rings. The van der Waals surface area contributed by atoms with E-state index in [4.69, 9.17) is 0 Å². The van der Waals surface area contributed by atoms with Gasteiger partial charge in [-0.15, -0.1) is 0 Å². The third kappa shape index (κ3) is 4.22. The minimum atomic E-state index is 0.810. The van der Waals surface area contributed by atoms with Gasteiger partial charge in [0.1, 0.15) is 17.5 Å². The average Bonchev–Trinajstić information content (AvgIpc) is 2.92. The fourth-order valence-corrected chi connectivity index (χ4v) is 1.93. The van der Waals surface area contributed by atoms with E-state index in [1.807, 2.05) is 23.2 Å². The lowest BCUT2D eigenvalue weighted by Gasteiger charge is -2.10. The summed E-state index contributed by atoms with van der Waals surface area (Å²) in [6.45, 7) is 6.73. The Bertz CT molecular complexity index is 484. The van der Waals surface area contributed by atoms with Gasteiger partial charge in [0, 0.05) is 44.5 Å². The van der Waals surface area contributed by atoms with Gasteiger partial charge in [0.2, 0.25) is 0 Å². The quantitative estimate of drug-likeness (QED) is 0.772. The van der Waals surface area contributed by atoms with Crippen LogP contribution in [0.15, 0.2) is 24.8 Å². The Balaban J connectivity index is 1.97. The Labute approximate surface area is 119 Å². The second-order valence-electron chi connectivity index (χ2n) is 4.56. The predicted octanol–water partition coefficient (Wildman–Crippen LogP) is 2.17. The van der Waals surface area contributed by atoms with Gasteiger partial charge in [-0.3, -0.25) is 0 Å². The minimum Gasteiger partial charge on any atom is -0.370 e. The smallest absolute Gasteiger partial charge is 0.133 e. The van der Waals surface area contributed by atoms with Crippen LogP contribution in [0.1, 0.15) is 26.1 Å². The van der Waals surface area contributed by atoms with Gasteiger partial charge in [0.05, 0.1) is 6.33 Å². The lowest BCUT2D eigenvalue weighted by Crippen LogP contribution is -2.12. The SMILES string of the molecule is CCCc1nc(NCC)cc(NCCn2ccnc2)n1. The third-order valence-corrected chi connectivity index (χ3v) is 2.84. The number of aryl methyl sites for hydroxylation is 1. The number of aromatic nitrogens is 4. The van der Waals surface area contributed by atoms with E-state index < -0.39 is 0 Å². The number of rotatable bonds is 8. The lowest BCUT2D eigenvalue weighted by molar-refractivity contribution is 0.723. The zero-order valence-electron chi connectivity index (χ0n) is 12.1. The Kier molecular flexibility index (Phi) is 5.34. The molecule has 0 saturated carbocycles. The van der Waals surface area contributed by atoms with Gasteiger partial charge in [-0.1, -0.05) is 6.92 Å². The minimum absolute atomic E-state index is 0.810. The molecule has 6 heteroatoms. The van der Waals surface area contributed by atoms with E-state index >= 15 is 0 Å². The molecule has 0 aliphatic rings. The summed E-state index contributed by atoms with van der Waals surface area (Å²) in [5.41, 5.74) is 0. The topological polar surface area (TPSA) is 67.7 Å². The first kappa shape index (κ1) is 14.3. The summed E-state index contributed by atoms with van der Waals surface area (Å²) < 4.78 is 2.03. The van der Waals surface area contributed by atoms with Crippen LogP contribution in [0.5, 0.6) is 0 Å². The van der Waals surface area contributed by atoms with Crippen molar-refractivity contribution in [2.24, 2.45) is 0 Å². The van der Waals surface area contributed by atoms with E-state index in [0.717, 1.165) is 49.9 Å². The highest BCUT2D eigenvalue weighted by Crippen LogP contribution is 2.12. The number of hydrogen-bond acceptors (Lipinski definition) is 5. The third-order valence-electron chi connectivity index (χ3n) is 2.84. The van der Waals surface area contributed by atoms with Crippen molar-refractivity contribution in [3.05, 3.63) is 30.6 Å². The van der Waals surface area contributed by atoms with Crippen LogP contribution in [0.25, 0.3) is 0 Å². The van der Waals surface area contributed by atoms with Crippen LogP contribution in [0.3, 0.4) is 0 Å². The van der Waals surface area contributed by atoms with Gasteiger partial charge in [0.25, 0.3) is 0 Å². The van der Waals surface area contributed by atoms with Crippen LogP contribution in [0.4, 0.5) is 11.6 Å². The maximum Gasteiger partial charge on any atom is 0.133 e. The molecule has 0 aliphatic carbocycles. The van der Waals surface area contributed by atoms with Crippen molar-refractivity contribution in [2.75, 3.05) is 23.7 Å². The summed E-state index contributed by atoms with van der Waals surface area (Å²) in [5.74, 6) is 2.65. The van der Waals surface area contributed by atoms with Gasteiger partial charge >= 0.3 is 0 Å². The van der Waals surface area contributed by atoms with Crippen LogP contribution >= 0.6 is 0 Å². The molecule has 0 saturated heterocycles. The van der Waals surface area contributed by atoms with Gasteiger partial charge in [-0.25, -0.2) is 15.0 Å². The summed E-state index contributed by atoms with van der Waals surface area (Å²) in [7, 11) is 0. The monoisotopic (exact) mass is 274 g/mol. The fraction of sp³-hybridized carbons (Fsp3) is 0.500. The molecule has 2 N–H and O–H groups in total. The van der Waals surface area contributed by atoms with Crippen LogP contribution < -0.4 is 10.6 Å². The summed E-state index contributed by atoms with van der Waals surface area (Å²) >= 11 is 0. The van der Waals surface area contributed by atoms with E-state index in [2.05, 4.69) is 39.4 Å². The summed E-state index contributed by atoms with van der Waals surface area (Å²) in [6, 6.07) is 1.95. The molecule has 0 spiro atoms.